The van der Waals surface area contributed by atoms with Crippen LogP contribution in [-0.4, -0.2) is 55.7 Å². The van der Waals surface area contributed by atoms with Crippen molar-refractivity contribution in [3.05, 3.63) is 70.8 Å². The van der Waals surface area contributed by atoms with Crippen molar-refractivity contribution in [2.75, 3.05) is 26.8 Å². The van der Waals surface area contributed by atoms with Crippen LogP contribution in [0.2, 0.25) is 0 Å². The Morgan fingerprint density at radius 1 is 1.09 bits per heavy atom. The summed E-state index contributed by atoms with van der Waals surface area (Å²) >= 11 is 0. The number of hydrogen-bond acceptors (Lipinski definition) is 4. The highest BCUT2D eigenvalue weighted by Crippen LogP contribution is 2.31. The van der Waals surface area contributed by atoms with Gasteiger partial charge in [-0.3, -0.25) is 9.69 Å². The van der Waals surface area contributed by atoms with Crippen molar-refractivity contribution < 1.29 is 22.7 Å². The third-order valence-electron chi connectivity index (χ3n) is 6.62. The molecule has 0 unspecified atom stereocenters. The fourth-order valence-electron chi connectivity index (χ4n) is 4.91. The number of hydrogen-bond donors (Lipinski definition) is 2. The van der Waals surface area contributed by atoms with Crippen molar-refractivity contribution in [2.45, 2.75) is 50.1 Å². The van der Waals surface area contributed by atoms with Gasteiger partial charge < -0.3 is 15.4 Å². The van der Waals surface area contributed by atoms with E-state index < -0.39 is 11.7 Å². The number of fused-ring (bicyclic) bond motifs is 1. The van der Waals surface area contributed by atoms with Crippen LogP contribution < -0.4 is 10.6 Å². The normalized spacial score (nSPS) is 21.3. The number of benzene rings is 2. The van der Waals surface area contributed by atoms with Gasteiger partial charge in [-0.15, -0.1) is 0 Å². The number of nitrogens with one attached hydrogen (secondary N) is 2. The van der Waals surface area contributed by atoms with E-state index in [-0.39, 0.29) is 24.0 Å². The minimum atomic E-state index is -4.33. The molecule has 2 aromatic rings. The summed E-state index contributed by atoms with van der Waals surface area (Å²) < 4.78 is 43.5. The summed E-state index contributed by atoms with van der Waals surface area (Å²) in [5, 5.41) is 6.43. The van der Waals surface area contributed by atoms with E-state index in [1.165, 1.54) is 23.3 Å². The molecule has 8 heteroatoms. The molecule has 33 heavy (non-hydrogen) atoms. The van der Waals surface area contributed by atoms with Gasteiger partial charge in [0.15, 0.2) is 0 Å². The Bertz CT molecular complexity index is 924. The molecule has 1 aliphatic carbocycles. The Balaban J connectivity index is 1.40. The summed E-state index contributed by atoms with van der Waals surface area (Å²) in [6, 6.07) is 13.7. The molecule has 4 rings (SSSR count). The molecule has 1 amide bonds. The number of rotatable bonds is 8. The number of likely N-dealkylation sites (tertiary alicyclic amines) is 1. The van der Waals surface area contributed by atoms with E-state index >= 15 is 0 Å². The van der Waals surface area contributed by atoms with Gasteiger partial charge in [0.2, 0.25) is 5.91 Å². The van der Waals surface area contributed by atoms with E-state index in [0.29, 0.717) is 26.1 Å². The molecule has 0 spiro atoms. The van der Waals surface area contributed by atoms with Crippen LogP contribution in [0.15, 0.2) is 48.5 Å². The number of carbonyl (C=O) groups is 1. The minimum Gasteiger partial charge on any atom is -0.383 e. The average molecular weight is 462 g/mol. The van der Waals surface area contributed by atoms with Crippen molar-refractivity contribution in [1.29, 1.82) is 0 Å². The van der Waals surface area contributed by atoms with Crippen molar-refractivity contribution in [3.63, 3.8) is 0 Å². The van der Waals surface area contributed by atoms with Crippen LogP contribution >= 0.6 is 0 Å². The number of ether oxygens (including phenoxy) is 1. The van der Waals surface area contributed by atoms with E-state index in [1.54, 1.807) is 7.11 Å². The zero-order valence-corrected chi connectivity index (χ0v) is 18.7. The van der Waals surface area contributed by atoms with E-state index in [1.807, 2.05) is 0 Å². The molecule has 1 heterocycles. The van der Waals surface area contributed by atoms with Crippen molar-refractivity contribution in [3.8, 4) is 0 Å². The lowest BCUT2D eigenvalue weighted by molar-refractivity contribution is -0.137. The second kappa shape index (κ2) is 10.2. The van der Waals surface area contributed by atoms with E-state index in [4.69, 9.17) is 4.74 Å². The molecule has 5 nitrogen and oxygen atoms in total. The zero-order chi connectivity index (χ0) is 23.4. The molecule has 0 bridgehead atoms. The van der Waals surface area contributed by atoms with Gasteiger partial charge in [0.25, 0.3) is 0 Å². The molecule has 178 valence electrons. The monoisotopic (exact) mass is 461 g/mol. The molecule has 2 aliphatic rings. The number of alkyl halides is 3. The second-order valence-electron chi connectivity index (χ2n) is 8.84. The summed E-state index contributed by atoms with van der Waals surface area (Å²) in [7, 11) is 1.60. The Hall–Kier alpha value is -2.42. The summed E-state index contributed by atoms with van der Waals surface area (Å²) in [4.78, 5) is 15.3. The van der Waals surface area contributed by atoms with Gasteiger partial charge in [-0.2, -0.15) is 13.2 Å². The third-order valence-corrected chi connectivity index (χ3v) is 6.62. The van der Waals surface area contributed by atoms with Crippen LogP contribution in [0.25, 0.3) is 0 Å². The number of methoxy groups -OCH3 is 1. The molecule has 2 atom stereocenters. The first-order valence-corrected chi connectivity index (χ1v) is 11.3. The third kappa shape index (κ3) is 5.75. The predicted molar refractivity (Wildman–Crippen MR) is 120 cm³/mol. The zero-order valence-electron chi connectivity index (χ0n) is 18.7. The molecule has 0 aromatic heterocycles. The molecule has 1 fully saturated rings. The van der Waals surface area contributed by atoms with E-state index in [9.17, 15) is 18.0 Å². The molecular weight excluding hydrogens is 431 g/mol. The van der Waals surface area contributed by atoms with Gasteiger partial charge in [0.1, 0.15) is 0 Å². The van der Waals surface area contributed by atoms with Crippen molar-refractivity contribution in [1.82, 2.24) is 15.5 Å². The lowest BCUT2D eigenvalue weighted by atomic mass is 10.1. The summed E-state index contributed by atoms with van der Waals surface area (Å²) in [6.07, 6.45) is -1.83. The van der Waals surface area contributed by atoms with Crippen LogP contribution in [0.4, 0.5) is 13.2 Å². The van der Waals surface area contributed by atoms with Crippen LogP contribution in [0.3, 0.4) is 0 Å². The van der Waals surface area contributed by atoms with Crippen molar-refractivity contribution in [2.24, 2.45) is 0 Å². The summed E-state index contributed by atoms with van der Waals surface area (Å²) in [5.41, 5.74) is 2.81. The maximum atomic E-state index is 13.0. The van der Waals surface area contributed by atoms with Gasteiger partial charge in [0, 0.05) is 38.8 Å². The highest BCUT2D eigenvalue weighted by molar-refractivity contribution is 5.82. The Morgan fingerprint density at radius 2 is 1.76 bits per heavy atom. The van der Waals surface area contributed by atoms with E-state index in [0.717, 1.165) is 37.1 Å². The fourth-order valence-corrected chi connectivity index (χ4v) is 4.91. The first kappa shape index (κ1) is 23.7. The molecule has 2 aromatic carbocycles. The molecular formula is C25H30F3N3O2. The lowest BCUT2D eigenvalue weighted by Crippen LogP contribution is -2.48. The number of carbonyl (C=O) groups excluding carboxylic acids is 1. The van der Waals surface area contributed by atoms with Crippen LogP contribution in [0.5, 0.6) is 0 Å². The first-order valence-electron chi connectivity index (χ1n) is 11.3. The maximum absolute atomic E-state index is 13.0. The summed E-state index contributed by atoms with van der Waals surface area (Å²) in [6.45, 7) is 2.11. The van der Waals surface area contributed by atoms with Crippen molar-refractivity contribution >= 4 is 5.91 Å². The SMILES string of the molecule is COCCNC(=O)[C@@H]1C[C@H](NCc2ccc(C(F)(F)F)cc2)CN1C1Cc2ccccc2C1. The molecule has 0 radical (unpaired) electrons. The largest absolute Gasteiger partial charge is 0.416 e. The quantitative estimate of drug-likeness (QED) is 0.593. The minimum absolute atomic E-state index is 0.00170. The highest BCUT2D eigenvalue weighted by atomic mass is 19.4. The highest BCUT2D eigenvalue weighted by Gasteiger charge is 2.41. The van der Waals surface area contributed by atoms with Gasteiger partial charge in [-0.05, 0) is 48.1 Å². The topological polar surface area (TPSA) is 53.6 Å². The van der Waals surface area contributed by atoms with E-state index in [2.05, 4.69) is 39.8 Å². The second-order valence-corrected chi connectivity index (χ2v) is 8.84. The molecule has 2 N–H and O–H groups in total. The standard InChI is InChI=1S/C25H30F3N3O2/c1-33-11-10-29-24(32)23-14-21(30-15-17-6-8-20(9-7-17)25(26,27)28)16-31(23)22-12-18-4-2-3-5-19(18)13-22/h2-9,21-23,30H,10-16H2,1H3,(H,29,32)/t21-,23-/m0/s1. The van der Waals surface area contributed by atoms with Gasteiger partial charge >= 0.3 is 6.18 Å². The number of halogens is 3. The number of nitrogens with zero attached hydrogens (tertiary/aromatic N) is 1. The lowest BCUT2D eigenvalue weighted by Gasteiger charge is -2.29. The molecule has 0 saturated carbocycles. The maximum Gasteiger partial charge on any atom is 0.416 e. The first-order chi connectivity index (χ1) is 15.8. The Kier molecular flexibility index (Phi) is 7.36. The van der Waals surface area contributed by atoms with Gasteiger partial charge in [0.05, 0.1) is 18.2 Å². The van der Waals surface area contributed by atoms with Crippen LogP contribution in [0.1, 0.15) is 28.7 Å². The number of amides is 1. The summed E-state index contributed by atoms with van der Waals surface area (Å²) in [5.74, 6) is 0.00170. The fraction of sp³-hybridized carbons (Fsp3) is 0.480. The Labute approximate surface area is 192 Å². The average Bonchev–Trinajstić information content (AvgIpc) is 3.41. The smallest absolute Gasteiger partial charge is 0.383 e. The molecule has 1 saturated heterocycles. The van der Waals surface area contributed by atoms with Crippen LogP contribution in [-0.2, 0) is 35.1 Å². The Morgan fingerprint density at radius 3 is 2.36 bits per heavy atom. The molecule has 1 aliphatic heterocycles. The van der Waals surface area contributed by atoms with Gasteiger partial charge in [-0.25, -0.2) is 0 Å². The van der Waals surface area contributed by atoms with Crippen LogP contribution in [0, 0.1) is 0 Å². The van der Waals surface area contributed by atoms with Gasteiger partial charge in [-0.1, -0.05) is 36.4 Å². The predicted octanol–water partition coefficient (Wildman–Crippen LogP) is 3.17.